The number of nitrogens with zero attached hydrogens (tertiary/aromatic N) is 3. The summed E-state index contributed by atoms with van der Waals surface area (Å²) in [5.74, 6) is 0.558. The average Bonchev–Trinajstić information content (AvgIpc) is 2.98. The highest BCUT2D eigenvalue weighted by atomic mass is 35.5. The van der Waals surface area contributed by atoms with Gasteiger partial charge in [0.2, 0.25) is 16.6 Å². The number of fused-ring (bicyclic) bond motifs is 1. The molecule has 0 saturated heterocycles. The number of hydrogen-bond donors (Lipinski definition) is 2. The standard InChI is InChI=1S/C13H11Cl2N5OS2/c14-7-2-1-3-8(15)10(7)17-9(21)6-23-12-18-11-16-4-5-20(11)13(22)19-12/h1-3H,4-6H2,(H,17,21)(H,16,18,19,22). The Morgan fingerprint density at radius 1 is 1.39 bits per heavy atom. The molecular weight excluding hydrogens is 377 g/mol. The van der Waals surface area contributed by atoms with Crippen LogP contribution in [0.1, 0.15) is 0 Å². The number of benzene rings is 1. The van der Waals surface area contributed by atoms with Gasteiger partial charge in [-0.3, -0.25) is 9.36 Å². The molecule has 120 valence electrons. The Morgan fingerprint density at radius 3 is 2.87 bits per heavy atom. The number of carbonyl (C=O) groups excluding carboxylic acids is 1. The molecule has 0 radical (unpaired) electrons. The van der Waals surface area contributed by atoms with Crippen LogP contribution in [0.15, 0.2) is 23.4 Å². The minimum absolute atomic E-state index is 0.125. The minimum Gasteiger partial charge on any atom is -0.354 e. The maximum absolute atomic E-state index is 12.1. The molecule has 1 aromatic carbocycles. The van der Waals surface area contributed by atoms with E-state index in [2.05, 4.69) is 20.6 Å². The lowest BCUT2D eigenvalue weighted by atomic mass is 10.3. The Bertz CT molecular complexity index is 806. The van der Waals surface area contributed by atoms with Crippen molar-refractivity contribution in [2.45, 2.75) is 11.7 Å². The van der Waals surface area contributed by atoms with Crippen molar-refractivity contribution in [3.63, 3.8) is 0 Å². The number of amides is 1. The van der Waals surface area contributed by atoms with Gasteiger partial charge < -0.3 is 10.6 Å². The second kappa shape index (κ2) is 7.04. The molecular formula is C13H11Cl2N5OS2. The highest BCUT2D eigenvalue weighted by Gasteiger charge is 2.15. The van der Waals surface area contributed by atoms with Gasteiger partial charge in [-0.2, -0.15) is 9.97 Å². The van der Waals surface area contributed by atoms with Gasteiger partial charge >= 0.3 is 0 Å². The number of rotatable bonds is 4. The predicted molar refractivity (Wildman–Crippen MR) is 95.2 cm³/mol. The van der Waals surface area contributed by atoms with Crippen molar-refractivity contribution in [2.24, 2.45) is 0 Å². The number of aromatic nitrogens is 3. The first-order valence-electron chi connectivity index (χ1n) is 6.64. The van der Waals surface area contributed by atoms with Gasteiger partial charge in [-0.25, -0.2) is 0 Å². The van der Waals surface area contributed by atoms with Crippen LogP contribution in [0.2, 0.25) is 10.0 Å². The van der Waals surface area contributed by atoms with E-state index in [0.717, 1.165) is 13.1 Å². The van der Waals surface area contributed by atoms with Gasteiger partial charge in [-0.15, -0.1) is 0 Å². The van der Waals surface area contributed by atoms with Crippen LogP contribution < -0.4 is 10.6 Å². The number of para-hydroxylation sites is 1. The number of hydrogen-bond acceptors (Lipinski definition) is 6. The molecule has 10 heteroatoms. The number of thioether (sulfide) groups is 1. The van der Waals surface area contributed by atoms with Crippen molar-refractivity contribution in [3.05, 3.63) is 33.0 Å². The van der Waals surface area contributed by atoms with Crippen LogP contribution in [0, 0.1) is 4.77 Å². The van der Waals surface area contributed by atoms with E-state index < -0.39 is 0 Å². The SMILES string of the molecule is O=C(CSc1nc2n(c(=S)n1)CCN2)Nc1c(Cl)cccc1Cl. The van der Waals surface area contributed by atoms with Crippen LogP contribution in [-0.2, 0) is 11.3 Å². The zero-order chi connectivity index (χ0) is 16.4. The summed E-state index contributed by atoms with van der Waals surface area (Å²) in [4.78, 5) is 20.6. The molecule has 3 rings (SSSR count). The summed E-state index contributed by atoms with van der Waals surface area (Å²) >= 11 is 18.4. The molecule has 6 nitrogen and oxygen atoms in total. The molecule has 0 spiro atoms. The van der Waals surface area contributed by atoms with Gasteiger partial charge in [0.25, 0.3) is 0 Å². The molecule has 0 atom stereocenters. The Labute approximate surface area is 151 Å². The average molecular weight is 388 g/mol. The zero-order valence-electron chi connectivity index (χ0n) is 11.7. The molecule has 2 aromatic rings. The van der Waals surface area contributed by atoms with Crippen LogP contribution in [-0.4, -0.2) is 32.7 Å². The fourth-order valence-corrected chi connectivity index (χ4v) is 3.46. The van der Waals surface area contributed by atoms with E-state index in [9.17, 15) is 4.79 Å². The first kappa shape index (κ1) is 16.5. The fourth-order valence-electron chi connectivity index (χ4n) is 2.01. The highest BCUT2D eigenvalue weighted by molar-refractivity contribution is 7.99. The second-order valence-electron chi connectivity index (χ2n) is 4.62. The van der Waals surface area contributed by atoms with Crippen molar-refractivity contribution in [1.82, 2.24) is 14.5 Å². The van der Waals surface area contributed by atoms with Crippen LogP contribution >= 0.6 is 47.2 Å². The molecule has 0 saturated carbocycles. The molecule has 1 aliphatic heterocycles. The number of anilines is 2. The van der Waals surface area contributed by atoms with Crippen LogP contribution in [0.3, 0.4) is 0 Å². The summed E-state index contributed by atoms with van der Waals surface area (Å²) in [6, 6.07) is 5.03. The third kappa shape index (κ3) is 3.77. The van der Waals surface area contributed by atoms with Crippen molar-refractivity contribution in [2.75, 3.05) is 22.9 Å². The Hall–Kier alpha value is -1.35. The molecule has 1 aliphatic rings. The van der Waals surface area contributed by atoms with Crippen molar-refractivity contribution in [3.8, 4) is 0 Å². The second-order valence-corrected chi connectivity index (χ2v) is 6.75. The monoisotopic (exact) mass is 387 g/mol. The summed E-state index contributed by atoms with van der Waals surface area (Å²) < 4.78 is 2.28. The summed E-state index contributed by atoms with van der Waals surface area (Å²) in [6.07, 6.45) is 0. The minimum atomic E-state index is -0.249. The summed E-state index contributed by atoms with van der Waals surface area (Å²) in [5.41, 5.74) is 0.400. The van der Waals surface area contributed by atoms with E-state index in [-0.39, 0.29) is 11.7 Å². The van der Waals surface area contributed by atoms with E-state index in [1.54, 1.807) is 18.2 Å². The van der Waals surface area contributed by atoms with Crippen molar-refractivity contribution >= 4 is 64.7 Å². The zero-order valence-corrected chi connectivity index (χ0v) is 14.8. The summed E-state index contributed by atoms with van der Waals surface area (Å²) in [7, 11) is 0. The van der Waals surface area contributed by atoms with Gasteiger partial charge in [-0.1, -0.05) is 41.0 Å². The summed E-state index contributed by atoms with van der Waals surface area (Å²) in [6.45, 7) is 1.53. The Balaban J connectivity index is 1.66. The normalized spacial score (nSPS) is 12.6. The lowest BCUT2D eigenvalue weighted by Gasteiger charge is -2.09. The van der Waals surface area contributed by atoms with E-state index in [1.807, 2.05) is 4.57 Å². The van der Waals surface area contributed by atoms with Gasteiger partial charge in [0.05, 0.1) is 21.5 Å². The smallest absolute Gasteiger partial charge is 0.234 e. The van der Waals surface area contributed by atoms with Crippen LogP contribution in [0.5, 0.6) is 0 Å². The van der Waals surface area contributed by atoms with E-state index in [0.29, 0.717) is 31.6 Å². The molecule has 0 aliphatic carbocycles. The summed E-state index contributed by atoms with van der Waals surface area (Å²) in [5, 5.41) is 7.04. The molecule has 1 aromatic heterocycles. The third-order valence-corrected chi connectivity index (χ3v) is 4.85. The Kier molecular flexibility index (Phi) is 5.05. The maximum Gasteiger partial charge on any atom is 0.234 e. The maximum atomic E-state index is 12.1. The molecule has 2 N–H and O–H groups in total. The molecule has 23 heavy (non-hydrogen) atoms. The fraction of sp³-hybridized carbons (Fsp3) is 0.231. The van der Waals surface area contributed by atoms with Gasteiger partial charge in [-0.05, 0) is 24.4 Å². The molecule has 0 fully saturated rings. The first-order chi connectivity index (χ1) is 11.0. The predicted octanol–water partition coefficient (Wildman–Crippen LogP) is 3.47. The molecule has 0 bridgehead atoms. The third-order valence-electron chi connectivity index (χ3n) is 3.06. The van der Waals surface area contributed by atoms with Crippen LogP contribution in [0.4, 0.5) is 11.6 Å². The highest BCUT2D eigenvalue weighted by Crippen LogP contribution is 2.30. The van der Waals surface area contributed by atoms with Gasteiger partial charge in [0, 0.05) is 13.1 Å². The Morgan fingerprint density at radius 2 is 2.13 bits per heavy atom. The largest absolute Gasteiger partial charge is 0.354 e. The van der Waals surface area contributed by atoms with Gasteiger partial charge in [0.15, 0.2) is 5.16 Å². The van der Waals surface area contributed by atoms with E-state index in [1.165, 1.54) is 11.8 Å². The van der Waals surface area contributed by atoms with Crippen molar-refractivity contribution < 1.29 is 4.79 Å². The lowest BCUT2D eigenvalue weighted by molar-refractivity contribution is -0.113. The van der Waals surface area contributed by atoms with Crippen molar-refractivity contribution in [1.29, 1.82) is 0 Å². The first-order valence-corrected chi connectivity index (χ1v) is 8.79. The van der Waals surface area contributed by atoms with E-state index in [4.69, 9.17) is 35.4 Å². The number of nitrogens with one attached hydrogen (secondary N) is 2. The molecule has 2 heterocycles. The van der Waals surface area contributed by atoms with Crippen LogP contribution in [0.25, 0.3) is 0 Å². The number of carbonyl (C=O) groups is 1. The molecule has 1 amide bonds. The van der Waals surface area contributed by atoms with Gasteiger partial charge in [0.1, 0.15) is 0 Å². The molecule has 0 unspecified atom stereocenters. The van der Waals surface area contributed by atoms with E-state index >= 15 is 0 Å². The topological polar surface area (TPSA) is 71.8 Å². The number of halogens is 2. The lowest BCUT2D eigenvalue weighted by Crippen LogP contribution is -2.15. The quantitative estimate of drug-likeness (QED) is 0.617.